The second-order valence-electron chi connectivity index (χ2n) is 7.30. The summed E-state index contributed by atoms with van der Waals surface area (Å²) in [5.74, 6) is -0.420. The van der Waals surface area contributed by atoms with Crippen molar-refractivity contribution in [3.05, 3.63) is 95.8 Å². The van der Waals surface area contributed by atoms with Gasteiger partial charge in [0, 0.05) is 17.1 Å². The lowest BCUT2D eigenvalue weighted by atomic mass is 10.1. The van der Waals surface area contributed by atoms with Crippen LogP contribution in [0.15, 0.2) is 72.8 Å². The fourth-order valence-corrected chi connectivity index (χ4v) is 3.14. The van der Waals surface area contributed by atoms with E-state index in [1.54, 1.807) is 49.4 Å². The molecule has 166 valence electrons. The van der Waals surface area contributed by atoms with Crippen molar-refractivity contribution < 1.29 is 14.0 Å². The van der Waals surface area contributed by atoms with Crippen molar-refractivity contribution in [2.45, 2.75) is 13.8 Å². The van der Waals surface area contributed by atoms with Crippen LogP contribution in [0.1, 0.15) is 22.0 Å². The molecule has 4 rings (SSSR count). The first-order valence-electron chi connectivity index (χ1n) is 10.1. The number of nitrogens with one attached hydrogen (secondary N) is 3. The molecule has 0 radical (unpaired) electrons. The van der Waals surface area contributed by atoms with E-state index in [-0.39, 0.29) is 11.6 Å². The minimum absolute atomic E-state index is 0.0311. The number of halogens is 1. The molecule has 3 amide bonds. The van der Waals surface area contributed by atoms with Crippen molar-refractivity contribution in [3.8, 4) is 5.69 Å². The topological polar surface area (TPSA) is 101 Å². The number of urea groups is 1. The van der Waals surface area contributed by atoms with Crippen LogP contribution in [-0.2, 0) is 0 Å². The molecule has 1 aromatic heterocycles. The predicted octanol–water partition coefficient (Wildman–Crippen LogP) is 4.92. The molecule has 0 atom stereocenters. The van der Waals surface area contributed by atoms with Crippen LogP contribution in [0.4, 0.5) is 26.2 Å². The largest absolute Gasteiger partial charge is 0.323 e. The average Bonchev–Trinajstić information content (AvgIpc) is 3.19. The summed E-state index contributed by atoms with van der Waals surface area (Å²) < 4.78 is 14.7. The van der Waals surface area contributed by atoms with Gasteiger partial charge in [-0.3, -0.25) is 4.79 Å². The molecule has 0 aliphatic carbocycles. The molecule has 0 unspecified atom stereocenters. The number of aryl methyl sites for hydroxylation is 2. The van der Waals surface area contributed by atoms with Gasteiger partial charge in [-0.1, -0.05) is 24.3 Å². The lowest BCUT2D eigenvalue weighted by Crippen LogP contribution is -2.20. The number of rotatable bonds is 5. The van der Waals surface area contributed by atoms with Crippen molar-refractivity contribution in [1.29, 1.82) is 0 Å². The summed E-state index contributed by atoms with van der Waals surface area (Å²) in [6, 6.07) is 19.6. The molecule has 0 saturated heterocycles. The third-order valence-corrected chi connectivity index (χ3v) is 4.82. The molecule has 8 nitrogen and oxygen atoms in total. The average molecular weight is 444 g/mol. The van der Waals surface area contributed by atoms with E-state index < -0.39 is 11.9 Å². The highest BCUT2D eigenvalue weighted by atomic mass is 19.1. The van der Waals surface area contributed by atoms with E-state index in [0.717, 1.165) is 5.56 Å². The molecule has 1 heterocycles. The third kappa shape index (κ3) is 5.21. The smallest absolute Gasteiger partial charge is 0.319 e. The van der Waals surface area contributed by atoms with Crippen molar-refractivity contribution in [3.63, 3.8) is 0 Å². The van der Waals surface area contributed by atoms with Gasteiger partial charge in [0.15, 0.2) is 0 Å². The van der Waals surface area contributed by atoms with E-state index in [1.165, 1.54) is 16.8 Å². The summed E-state index contributed by atoms with van der Waals surface area (Å²) in [6.45, 7) is 3.54. The first kappa shape index (κ1) is 21.7. The van der Waals surface area contributed by atoms with Crippen LogP contribution in [0, 0.1) is 19.7 Å². The van der Waals surface area contributed by atoms with Gasteiger partial charge in [0.1, 0.15) is 11.6 Å². The van der Waals surface area contributed by atoms with Crippen LogP contribution in [0.25, 0.3) is 5.69 Å². The minimum atomic E-state index is -0.507. The first-order valence-corrected chi connectivity index (χ1v) is 10.1. The zero-order chi connectivity index (χ0) is 23.4. The van der Waals surface area contributed by atoms with Crippen molar-refractivity contribution >= 4 is 29.0 Å². The Hall–Kier alpha value is -4.53. The molecule has 0 fully saturated rings. The Morgan fingerprint density at radius 2 is 1.55 bits per heavy atom. The van der Waals surface area contributed by atoms with E-state index >= 15 is 0 Å². The van der Waals surface area contributed by atoms with Gasteiger partial charge in [-0.2, -0.15) is 0 Å². The highest BCUT2D eigenvalue weighted by Gasteiger charge is 2.17. The Balaban J connectivity index is 1.47. The lowest BCUT2D eigenvalue weighted by Gasteiger charge is -2.11. The standard InChI is InChI=1S/C24H21FN6O2/c1-15-8-11-19(28-24(33)27-18-6-4-3-5-7-18)14-21(15)29-23(32)22-26-16(2)31(30-22)20-12-9-17(25)10-13-20/h3-14H,1-2H3,(H,29,32)(H2,27,28,33). The van der Waals surface area contributed by atoms with Crippen LogP contribution in [0.2, 0.25) is 0 Å². The maximum Gasteiger partial charge on any atom is 0.323 e. The fraction of sp³-hybridized carbons (Fsp3) is 0.0833. The van der Waals surface area contributed by atoms with Crippen LogP contribution >= 0.6 is 0 Å². The Bertz CT molecular complexity index is 1300. The summed E-state index contributed by atoms with van der Waals surface area (Å²) >= 11 is 0. The molecule has 33 heavy (non-hydrogen) atoms. The van der Waals surface area contributed by atoms with Gasteiger partial charge < -0.3 is 16.0 Å². The first-order chi connectivity index (χ1) is 15.9. The van der Waals surface area contributed by atoms with E-state index in [2.05, 4.69) is 26.0 Å². The van der Waals surface area contributed by atoms with Crippen LogP contribution in [0.5, 0.6) is 0 Å². The Morgan fingerprint density at radius 1 is 0.848 bits per heavy atom. The second kappa shape index (κ2) is 9.31. The fourth-order valence-electron chi connectivity index (χ4n) is 3.14. The number of anilines is 3. The molecule has 9 heteroatoms. The Kier molecular flexibility index (Phi) is 6.12. The van der Waals surface area contributed by atoms with Gasteiger partial charge in [-0.25, -0.2) is 18.9 Å². The summed E-state index contributed by atoms with van der Waals surface area (Å²) in [4.78, 5) is 29.3. The normalized spacial score (nSPS) is 10.5. The second-order valence-corrected chi connectivity index (χ2v) is 7.30. The maximum absolute atomic E-state index is 13.2. The van der Waals surface area contributed by atoms with Crippen LogP contribution in [0.3, 0.4) is 0 Å². The molecule has 3 N–H and O–H groups in total. The van der Waals surface area contributed by atoms with Gasteiger partial charge in [-0.15, -0.1) is 5.10 Å². The quantitative estimate of drug-likeness (QED) is 0.407. The molecule has 0 bridgehead atoms. The Labute approximate surface area is 189 Å². The molecular weight excluding hydrogens is 423 g/mol. The van der Waals surface area contributed by atoms with Crippen molar-refractivity contribution in [2.24, 2.45) is 0 Å². The van der Waals surface area contributed by atoms with Gasteiger partial charge in [0.2, 0.25) is 5.82 Å². The predicted molar refractivity (Wildman–Crippen MR) is 124 cm³/mol. The van der Waals surface area contributed by atoms with Crippen LogP contribution < -0.4 is 16.0 Å². The van der Waals surface area contributed by atoms with Crippen LogP contribution in [-0.4, -0.2) is 26.7 Å². The van der Waals surface area contributed by atoms with Gasteiger partial charge in [-0.05, 0) is 67.9 Å². The number of carbonyl (C=O) groups is 2. The number of aromatic nitrogens is 3. The highest BCUT2D eigenvalue weighted by Crippen LogP contribution is 2.21. The lowest BCUT2D eigenvalue weighted by molar-refractivity contribution is 0.101. The van der Waals surface area contributed by atoms with E-state index in [4.69, 9.17) is 0 Å². The number of hydrogen-bond donors (Lipinski definition) is 3. The number of nitrogens with zero attached hydrogens (tertiary/aromatic N) is 3. The van der Waals surface area contributed by atoms with Crippen molar-refractivity contribution in [1.82, 2.24) is 14.8 Å². The zero-order valence-corrected chi connectivity index (χ0v) is 18.0. The molecule has 0 spiro atoms. The summed E-state index contributed by atoms with van der Waals surface area (Å²) in [5.41, 5.74) is 3.06. The summed E-state index contributed by atoms with van der Waals surface area (Å²) in [5, 5.41) is 12.5. The molecule has 3 aromatic carbocycles. The van der Waals surface area contributed by atoms with Gasteiger partial charge in [0.25, 0.3) is 5.91 Å². The summed E-state index contributed by atoms with van der Waals surface area (Å²) in [7, 11) is 0. The molecular formula is C24H21FN6O2. The maximum atomic E-state index is 13.2. The number of para-hydroxylation sites is 1. The summed E-state index contributed by atoms with van der Waals surface area (Å²) in [6.07, 6.45) is 0. The monoisotopic (exact) mass is 444 g/mol. The molecule has 0 saturated carbocycles. The number of amides is 3. The number of hydrogen-bond acceptors (Lipinski definition) is 4. The molecule has 0 aliphatic heterocycles. The Morgan fingerprint density at radius 3 is 2.27 bits per heavy atom. The minimum Gasteiger partial charge on any atom is -0.319 e. The van der Waals surface area contributed by atoms with Gasteiger partial charge >= 0.3 is 6.03 Å². The van der Waals surface area contributed by atoms with Crippen molar-refractivity contribution in [2.75, 3.05) is 16.0 Å². The SMILES string of the molecule is Cc1ccc(NC(=O)Nc2ccccc2)cc1NC(=O)c1nc(C)n(-c2ccc(F)cc2)n1. The van der Waals surface area contributed by atoms with E-state index in [1.807, 2.05) is 25.1 Å². The number of carbonyl (C=O) groups excluding carboxylic acids is 2. The van der Waals surface area contributed by atoms with E-state index in [9.17, 15) is 14.0 Å². The van der Waals surface area contributed by atoms with Gasteiger partial charge in [0.05, 0.1) is 5.69 Å². The number of benzene rings is 3. The molecule has 4 aromatic rings. The third-order valence-electron chi connectivity index (χ3n) is 4.82. The highest BCUT2D eigenvalue weighted by molar-refractivity contribution is 6.03. The zero-order valence-electron chi connectivity index (χ0n) is 18.0. The van der Waals surface area contributed by atoms with E-state index in [0.29, 0.717) is 28.6 Å². The molecule has 0 aliphatic rings.